The highest BCUT2D eigenvalue weighted by Crippen LogP contribution is 2.43. The van der Waals surface area contributed by atoms with E-state index >= 15 is 0 Å². The number of carbonyl (C=O) groups is 1. The summed E-state index contributed by atoms with van der Waals surface area (Å²) in [6, 6.07) is 17.3. The standard InChI is InChI=1S/C20H19N5O2S/c1-13-7-9-14(10-8-13)20(27)11-28-19(25(20)15-5-3-2-4-6-15)24-18-16(17(21)26)22-12-23-18/h2-10,12,27H,11H2,1H3,(H2,21,26)(H,22,23). The van der Waals surface area contributed by atoms with Crippen LogP contribution in [0.2, 0.25) is 0 Å². The number of nitrogens with zero attached hydrogens (tertiary/aromatic N) is 3. The van der Waals surface area contributed by atoms with Crippen molar-refractivity contribution in [2.45, 2.75) is 12.6 Å². The molecule has 28 heavy (non-hydrogen) atoms. The molecule has 0 radical (unpaired) electrons. The Bertz CT molecular complexity index is 1030. The van der Waals surface area contributed by atoms with Crippen LogP contribution in [0.3, 0.4) is 0 Å². The molecule has 2 heterocycles. The van der Waals surface area contributed by atoms with Crippen molar-refractivity contribution in [1.29, 1.82) is 0 Å². The van der Waals surface area contributed by atoms with E-state index in [0.29, 0.717) is 10.9 Å². The molecule has 1 aliphatic heterocycles. The quantitative estimate of drug-likeness (QED) is 0.632. The van der Waals surface area contributed by atoms with E-state index in [4.69, 9.17) is 5.73 Å². The summed E-state index contributed by atoms with van der Waals surface area (Å²) >= 11 is 1.39. The Morgan fingerprint density at radius 2 is 1.96 bits per heavy atom. The molecule has 3 aromatic rings. The number of aromatic nitrogens is 2. The van der Waals surface area contributed by atoms with Gasteiger partial charge in [0.25, 0.3) is 5.91 Å². The maximum Gasteiger partial charge on any atom is 0.269 e. The van der Waals surface area contributed by atoms with Crippen LogP contribution in [0.25, 0.3) is 0 Å². The number of aromatic amines is 1. The number of imidazole rings is 1. The van der Waals surface area contributed by atoms with Crippen LogP contribution < -0.4 is 10.6 Å². The summed E-state index contributed by atoms with van der Waals surface area (Å²) in [5, 5.41) is 12.2. The van der Waals surface area contributed by atoms with Gasteiger partial charge in [0.15, 0.2) is 22.4 Å². The molecule has 1 unspecified atom stereocenters. The predicted octanol–water partition coefficient (Wildman–Crippen LogP) is 2.90. The molecule has 142 valence electrons. The molecule has 0 spiro atoms. The van der Waals surface area contributed by atoms with Crippen molar-refractivity contribution in [3.63, 3.8) is 0 Å². The first-order valence-electron chi connectivity index (χ1n) is 8.68. The predicted molar refractivity (Wildman–Crippen MR) is 111 cm³/mol. The Hall–Kier alpha value is -3.10. The molecule has 0 saturated carbocycles. The first-order chi connectivity index (χ1) is 13.5. The van der Waals surface area contributed by atoms with Crippen molar-refractivity contribution in [2.24, 2.45) is 10.7 Å². The van der Waals surface area contributed by atoms with Crippen molar-refractivity contribution in [3.05, 3.63) is 77.7 Å². The number of amides is 1. The van der Waals surface area contributed by atoms with Crippen molar-refractivity contribution in [2.75, 3.05) is 10.7 Å². The molecule has 4 rings (SSSR count). The minimum absolute atomic E-state index is 0.131. The fraction of sp³-hybridized carbons (Fsp3) is 0.150. The number of H-pyrrole nitrogens is 1. The molecule has 1 fully saturated rings. The highest BCUT2D eigenvalue weighted by molar-refractivity contribution is 8.14. The van der Waals surface area contributed by atoms with Crippen LogP contribution in [-0.2, 0) is 5.72 Å². The van der Waals surface area contributed by atoms with Crippen LogP contribution in [0, 0.1) is 6.92 Å². The summed E-state index contributed by atoms with van der Waals surface area (Å²) in [6.07, 6.45) is 1.37. The zero-order valence-corrected chi connectivity index (χ0v) is 16.0. The van der Waals surface area contributed by atoms with Gasteiger partial charge in [0, 0.05) is 11.3 Å². The molecule has 1 atom stereocenters. The molecule has 0 bridgehead atoms. The molecular weight excluding hydrogens is 374 g/mol. The van der Waals surface area contributed by atoms with E-state index in [1.54, 1.807) is 4.90 Å². The van der Waals surface area contributed by atoms with E-state index in [0.717, 1.165) is 16.8 Å². The molecule has 0 aliphatic carbocycles. The molecule has 1 amide bonds. The summed E-state index contributed by atoms with van der Waals surface area (Å²) in [7, 11) is 0. The normalized spacial score (nSPS) is 20.6. The molecule has 8 heteroatoms. The number of amidine groups is 1. The number of aliphatic imine (C=N–C) groups is 1. The molecule has 2 aromatic carbocycles. The maximum atomic E-state index is 11.6. The molecule has 1 aliphatic rings. The Balaban J connectivity index is 1.84. The lowest BCUT2D eigenvalue weighted by molar-refractivity contribution is 0.0768. The third-order valence-electron chi connectivity index (χ3n) is 4.56. The van der Waals surface area contributed by atoms with Gasteiger partial charge in [-0.3, -0.25) is 9.69 Å². The van der Waals surface area contributed by atoms with Gasteiger partial charge in [0.2, 0.25) is 0 Å². The van der Waals surface area contributed by atoms with Crippen LogP contribution in [0.15, 0.2) is 65.9 Å². The fourth-order valence-corrected chi connectivity index (χ4v) is 4.28. The number of primary amides is 1. The summed E-state index contributed by atoms with van der Waals surface area (Å²) in [6.45, 7) is 2.00. The number of aryl methyl sites for hydroxylation is 1. The number of rotatable bonds is 4. The third-order valence-corrected chi connectivity index (χ3v) is 5.64. The second kappa shape index (κ2) is 7.14. The van der Waals surface area contributed by atoms with Crippen LogP contribution in [-0.4, -0.2) is 31.9 Å². The number of hydrogen-bond acceptors (Lipinski definition) is 5. The fourth-order valence-electron chi connectivity index (χ4n) is 3.11. The first-order valence-corrected chi connectivity index (χ1v) is 9.67. The van der Waals surface area contributed by atoms with E-state index in [2.05, 4.69) is 15.0 Å². The molecule has 1 saturated heterocycles. The number of anilines is 1. The van der Waals surface area contributed by atoms with Crippen molar-refractivity contribution < 1.29 is 9.90 Å². The summed E-state index contributed by atoms with van der Waals surface area (Å²) in [5.74, 6) is -0.0656. The van der Waals surface area contributed by atoms with Gasteiger partial charge in [0.1, 0.15) is 0 Å². The minimum Gasteiger partial charge on any atom is -0.366 e. The highest BCUT2D eigenvalue weighted by atomic mass is 32.2. The van der Waals surface area contributed by atoms with Crippen LogP contribution in [0.5, 0.6) is 0 Å². The van der Waals surface area contributed by atoms with E-state index in [1.807, 2.05) is 61.5 Å². The number of para-hydroxylation sites is 1. The number of carbonyl (C=O) groups excluding carboxylic acids is 1. The lowest BCUT2D eigenvalue weighted by Crippen LogP contribution is -2.45. The van der Waals surface area contributed by atoms with Crippen molar-refractivity contribution >= 4 is 34.3 Å². The topological polar surface area (TPSA) is 108 Å². The van der Waals surface area contributed by atoms with E-state index in [9.17, 15) is 9.90 Å². The first kappa shape index (κ1) is 18.3. The highest BCUT2D eigenvalue weighted by Gasteiger charge is 2.46. The van der Waals surface area contributed by atoms with Gasteiger partial charge in [-0.25, -0.2) is 9.98 Å². The number of thioether (sulfide) groups is 1. The Kier molecular flexibility index (Phi) is 4.66. The monoisotopic (exact) mass is 393 g/mol. The van der Waals surface area contributed by atoms with Gasteiger partial charge in [-0.1, -0.05) is 59.8 Å². The van der Waals surface area contributed by atoms with Gasteiger partial charge in [-0.15, -0.1) is 0 Å². The molecular formula is C20H19N5O2S. The Labute approximate surface area is 166 Å². The average molecular weight is 393 g/mol. The van der Waals surface area contributed by atoms with E-state index < -0.39 is 11.6 Å². The van der Waals surface area contributed by atoms with Gasteiger partial charge < -0.3 is 15.8 Å². The lowest BCUT2D eigenvalue weighted by atomic mass is 10.0. The molecule has 7 nitrogen and oxygen atoms in total. The van der Waals surface area contributed by atoms with Crippen molar-refractivity contribution in [3.8, 4) is 0 Å². The number of nitrogens with one attached hydrogen (secondary N) is 1. The Morgan fingerprint density at radius 3 is 2.64 bits per heavy atom. The van der Waals surface area contributed by atoms with Crippen molar-refractivity contribution in [1.82, 2.24) is 9.97 Å². The van der Waals surface area contributed by atoms with Gasteiger partial charge in [0.05, 0.1) is 12.1 Å². The van der Waals surface area contributed by atoms with Crippen LogP contribution in [0.4, 0.5) is 11.5 Å². The largest absolute Gasteiger partial charge is 0.366 e. The number of nitrogens with two attached hydrogens (primary N) is 1. The summed E-state index contributed by atoms with van der Waals surface area (Å²) < 4.78 is 0. The SMILES string of the molecule is Cc1ccc(C2(O)CSC(=Nc3nc[nH]c3C(N)=O)N2c2ccccc2)cc1. The average Bonchev–Trinajstić information content (AvgIpc) is 3.28. The van der Waals surface area contributed by atoms with Gasteiger partial charge >= 0.3 is 0 Å². The smallest absolute Gasteiger partial charge is 0.269 e. The molecule has 4 N–H and O–H groups in total. The van der Waals surface area contributed by atoms with Crippen LogP contribution >= 0.6 is 11.8 Å². The summed E-state index contributed by atoms with van der Waals surface area (Å²) in [5.41, 5.74) is 6.89. The van der Waals surface area contributed by atoms with Gasteiger partial charge in [-0.05, 0) is 19.1 Å². The Morgan fingerprint density at radius 1 is 1.25 bits per heavy atom. The van der Waals surface area contributed by atoms with E-state index in [1.165, 1.54) is 18.1 Å². The number of benzene rings is 2. The second-order valence-electron chi connectivity index (χ2n) is 6.50. The van der Waals surface area contributed by atoms with Gasteiger partial charge in [-0.2, -0.15) is 0 Å². The zero-order chi connectivity index (χ0) is 19.7. The second-order valence-corrected chi connectivity index (χ2v) is 7.44. The third kappa shape index (κ3) is 3.17. The maximum absolute atomic E-state index is 11.6. The van der Waals surface area contributed by atoms with Crippen LogP contribution in [0.1, 0.15) is 21.6 Å². The minimum atomic E-state index is -1.29. The summed E-state index contributed by atoms with van der Waals surface area (Å²) in [4.78, 5) is 24.7. The molecule has 1 aromatic heterocycles. The zero-order valence-electron chi connectivity index (χ0n) is 15.2. The number of hydrogen-bond donors (Lipinski definition) is 3. The van der Waals surface area contributed by atoms with E-state index in [-0.39, 0.29) is 11.5 Å². The lowest BCUT2D eigenvalue weighted by Gasteiger charge is -2.34. The number of aliphatic hydroxyl groups is 1.